The molecule has 2 heterocycles. The number of nitrogens with zero attached hydrogens (tertiary/aromatic N) is 2. The highest BCUT2D eigenvalue weighted by molar-refractivity contribution is 5.55. The van der Waals surface area contributed by atoms with Gasteiger partial charge in [0, 0.05) is 31.4 Å². The number of rotatable bonds is 5. The second-order valence-electron chi connectivity index (χ2n) is 6.18. The van der Waals surface area contributed by atoms with Gasteiger partial charge in [0.15, 0.2) is 0 Å². The summed E-state index contributed by atoms with van der Waals surface area (Å²) in [4.78, 5) is 5.07. The molecule has 21 heavy (non-hydrogen) atoms. The van der Waals surface area contributed by atoms with Gasteiger partial charge in [-0.2, -0.15) is 0 Å². The summed E-state index contributed by atoms with van der Waals surface area (Å²) in [6.45, 7) is 8.42. The first-order chi connectivity index (χ1) is 10.3. The van der Waals surface area contributed by atoms with Crippen molar-refractivity contribution in [2.75, 3.05) is 37.6 Å². The molecule has 0 aliphatic carbocycles. The maximum atomic E-state index is 13.5. The molecule has 0 radical (unpaired) electrons. The first kappa shape index (κ1) is 14.8. The molecule has 1 N–H and O–H groups in total. The van der Waals surface area contributed by atoms with E-state index in [-0.39, 0.29) is 5.82 Å². The molecule has 3 nitrogen and oxygen atoms in total. The molecule has 116 valence electrons. The van der Waals surface area contributed by atoms with E-state index in [0.717, 1.165) is 31.7 Å². The van der Waals surface area contributed by atoms with Gasteiger partial charge in [0.05, 0.1) is 0 Å². The second-order valence-corrected chi connectivity index (χ2v) is 6.18. The van der Waals surface area contributed by atoms with Gasteiger partial charge in [-0.05, 0) is 62.7 Å². The monoisotopic (exact) mass is 291 g/mol. The standard InChI is InChI=1S/C17H26FN3/c1-2-19-12-14-11-15(18)5-6-17(14)21-10-7-16(13-21)20-8-3-4-9-20/h5-6,11,16,19H,2-4,7-10,12-13H2,1H3. The van der Waals surface area contributed by atoms with Crippen LogP contribution in [0.5, 0.6) is 0 Å². The van der Waals surface area contributed by atoms with Crippen molar-refractivity contribution in [3.8, 4) is 0 Å². The van der Waals surface area contributed by atoms with Gasteiger partial charge in [-0.3, -0.25) is 4.90 Å². The summed E-state index contributed by atoms with van der Waals surface area (Å²) in [7, 11) is 0. The zero-order valence-electron chi connectivity index (χ0n) is 12.9. The van der Waals surface area contributed by atoms with E-state index in [1.807, 2.05) is 6.07 Å². The molecular formula is C17H26FN3. The third kappa shape index (κ3) is 3.38. The minimum Gasteiger partial charge on any atom is -0.370 e. The molecule has 2 fully saturated rings. The summed E-state index contributed by atoms with van der Waals surface area (Å²) >= 11 is 0. The summed E-state index contributed by atoms with van der Waals surface area (Å²) in [6, 6.07) is 5.91. The van der Waals surface area contributed by atoms with E-state index in [2.05, 4.69) is 22.0 Å². The highest BCUT2D eigenvalue weighted by Gasteiger charge is 2.30. The van der Waals surface area contributed by atoms with E-state index in [0.29, 0.717) is 6.04 Å². The molecule has 1 unspecified atom stereocenters. The van der Waals surface area contributed by atoms with Crippen molar-refractivity contribution in [1.82, 2.24) is 10.2 Å². The lowest BCUT2D eigenvalue weighted by atomic mass is 10.1. The number of hydrogen-bond donors (Lipinski definition) is 1. The van der Waals surface area contributed by atoms with Crippen molar-refractivity contribution in [2.24, 2.45) is 0 Å². The van der Waals surface area contributed by atoms with E-state index >= 15 is 0 Å². The quantitative estimate of drug-likeness (QED) is 0.899. The van der Waals surface area contributed by atoms with Crippen LogP contribution in [-0.4, -0.2) is 43.7 Å². The van der Waals surface area contributed by atoms with Crippen molar-refractivity contribution in [3.05, 3.63) is 29.6 Å². The smallest absolute Gasteiger partial charge is 0.123 e. The van der Waals surface area contributed by atoms with Gasteiger partial charge in [-0.1, -0.05) is 6.92 Å². The molecule has 1 atom stereocenters. The van der Waals surface area contributed by atoms with Crippen LogP contribution in [0, 0.1) is 5.82 Å². The largest absolute Gasteiger partial charge is 0.370 e. The fourth-order valence-corrected chi connectivity index (χ4v) is 3.63. The maximum Gasteiger partial charge on any atom is 0.123 e. The number of hydrogen-bond acceptors (Lipinski definition) is 3. The minimum atomic E-state index is -0.137. The van der Waals surface area contributed by atoms with E-state index in [4.69, 9.17) is 0 Å². The fraction of sp³-hybridized carbons (Fsp3) is 0.647. The molecule has 2 saturated heterocycles. The van der Waals surface area contributed by atoms with Crippen LogP contribution in [0.3, 0.4) is 0 Å². The Morgan fingerprint density at radius 2 is 2.05 bits per heavy atom. The van der Waals surface area contributed by atoms with E-state index < -0.39 is 0 Å². The SMILES string of the molecule is CCNCc1cc(F)ccc1N1CCC(N2CCCC2)C1. The van der Waals surface area contributed by atoms with Crippen molar-refractivity contribution in [3.63, 3.8) is 0 Å². The molecule has 2 aliphatic rings. The molecule has 1 aromatic rings. The lowest BCUT2D eigenvalue weighted by molar-refractivity contribution is 0.260. The van der Waals surface area contributed by atoms with Crippen LogP contribution < -0.4 is 10.2 Å². The van der Waals surface area contributed by atoms with Crippen LogP contribution in [-0.2, 0) is 6.54 Å². The summed E-state index contributed by atoms with van der Waals surface area (Å²) in [5, 5.41) is 3.32. The van der Waals surface area contributed by atoms with Gasteiger partial charge in [0.25, 0.3) is 0 Å². The Bertz CT molecular complexity index is 471. The van der Waals surface area contributed by atoms with Crippen LogP contribution in [0.25, 0.3) is 0 Å². The Kier molecular flexibility index (Phi) is 4.76. The van der Waals surface area contributed by atoms with Gasteiger partial charge < -0.3 is 10.2 Å². The molecule has 0 bridgehead atoms. The topological polar surface area (TPSA) is 18.5 Å². The van der Waals surface area contributed by atoms with Crippen LogP contribution >= 0.6 is 0 Å². The first-order valence-corrected chi connectivity index (χ1v) is 8.26. The Morgan fingerprint density at radius 1 is 1.24 bits per heavy atom. The Labute approximate surface area is 127 Å². The van der Waals surface area contributed by atoms with E-state index in [1.165, 1.54) is 38.0 Å². The predicted octanol–water partition coefficient (Wildman–Crippen LogP) is 2.61. The number of anilines is 1. The molecular weight excluding hydrogens is 265 g/mol. The van der Waals surface area contributed by atoms with Crippen molar-refractivity contribution in [1.29, 1.82) is 0 Å². The molecule has 0 saturated carbocycles. The number of nitrogens with one attached hydrogen (secondary N) is 1. The maximum absolute atomic E-state index is 13.5. The average molecular weight is 291 g/mol. The molecule has 1 aromatic carbocycles. The van der Waals surface area contributed by atoms with Gasteiger partial charge in [0.1, 0.15) is 5.82 Å². The Hall–Kier alpha value is -1.13. The Balaban J connectivity index is 1.71. The van der Waals surface area contributed by atoms with Crippen LogP contribution in [0.4, 0.5) is 10.1 Å². The van der Waals surface area contributed by atoms with Crippen molar-refractivity contribution >= 4 is 5.69 Å². The van der Waals surface area contributed by atoms with Gasteiger partial charge in [0.2, 0.25) is 0 Å². The zero-order valence-corrected chi connectivity index (χ0v) is 12.9. The van der Waals surface area contributed by atoms with E-state index in [1.54, 1.807) is 12.1 Å². The molecule has 2 aliphatic heterocycles. The summed E-state index contributed by atoms with van der Waals surface area (Å²) in [5.41, 5.74) is 2.29. The summed E-state index contributed by atoms with van der Waals surface area (Å²) < 4.78 is 13.5. The number of halogens is 1. The molecule has 0 spiro atoms. The third-order valence-electron chi connectivity index (χ3n) is 4.77. The minimum absolute atomic E-state index is 0.137. The first-order valence-electron chi connectivity index (χ1n) is 8.26. The molecule has 4 heteroatoms. The van der Waals surface area contributed by atoms with Gasteiger partial charge in [-0.25, -0.2) is 4.39 Å². The van der Waals surface area contributed by atoms with Gasteiger partial charge in [-0.15, -0.1) is 0 Å². The van der Waals surface area contributed by atoms with Crippen molar-refractivity contribution in [2.45, 2.75) is 38.8 Å². The summed E-state index contributed by atoms with van der Waals surface area (Å²) in [6.07, 6.45) is 3.93. The van der Waals surface area contributed by atoms with Crippen LogP contribution in [0.2, 0.25) is 0 Å². The molecule has 0 amide bonds. The van der Waals surface area contributed by atoms with E-state index in [9.17, 15) is 4.39 Å². The van der Waals surface area contributed by atoms with Crippen molar-refractivity contribution < 1.29 is 4.39 Å². The number of benzene rings is 1. The zero-order chi connectivity index (χ0) is 14.7. The highest BCUT2D eigenvalue weighted by Crippen LogP contribution is 2.28. The lowest BCUT2D eigenvalue weighted by Gasteiger charge is -2.26. The van der Waals surface area contributed by atoms with Gasteiger partial charge >= 0.3 is 0 Å². The third-order valence-corrected chi connectivity index (χ3v) is 4.77. The second kappa shape index (κ2) is 6.75. The Morgan fingerprint density at radius 3 is 2.81 bits per heavy atom. The normalized spacial score (nSPS) is 23.1. The highest BCUT2D eigenvalue weighted by atomic mass is 19.1. The lowest BCUT2D eigenvalue weighted by Crippen LogP contribution is -2.35. The summed E-state index contributed by atoms with van der Waals surface area (Å²) in [5.74, 6) is -0.137. The average Bonchev–Trinajstić information content (AvgIpc) is 3.15. The van der Waals surface area contributed by atoms with Crippen LogP contribution in [0.15, 0.2) is 18.2 Å². The predicted molar refractivity (Wildman–Crippen MR) is 85.2 cm³/mol. The molecule has 0 aromatic heterocycles. The number of likely N-dealkylation sites (tertiary alicyclic amines) is 1. The fourth-order valence-electron chi connectivity index (χ4n) is 3.63. The molecule has 3 rings (SSSR count). The van der Waals surface area contributed by atoms with Crippen LogP contribution in [0.1, 0.15) is 31.7 Å².